The number of hydrogen-bond donors (Lipinski definition) is 0. The normalized spacial score (nSPS) is 16.4. The van der Waals surface area contributed by atoms with Gasteiger partial charge in [-0.05, 0) is 71.5 Å². The van der Waals surface area contributed by atoms with Crippen molar-refractivity contribution in [2.45, 2.75) is 38.9 Å². The number of para-hydroxylation sites is 1. The van der Waals surface area contributed by atoms with Crippen LogP contribution in [0.1, 0.15) is 27.7 Å². The van der Waals surface area contributed by atoms with E-state index in [2.05, 4.69) is 137 Å². The molecule has 0 amide bonds. The van der Waals surface area contributed by atoms with Gasteiger partial charge in [0.2, 0.25) is 0 Å². The number of fused-ring (bicyclic) bond motifs is 9. The minimum absolute atomic E-state index is 0.409. The monoisotopic (exact) mass is 531 g/mol. The summed E-state index contributed by atoms with van der Waals surface area (Å²) >= 11 is 0. The quantitative estimate of drug-likeness (QED) is 0.165. The van der Waals surface area contributed by atoms with E-state index in [4.69, 9.17) is 14.3 Å². The molecule has 4 heteroatoms. The number of pyridine rings is 1. The van der Waals surface area contributed by atoms with Crippen LogP contribution in [0, 0.1) is 0 Å². The third-order valence-electron chi connectivity index (χ3n) is 9.30. The van der Waals surface area contributed by atoms with Crippen LogP contribution in [-0.4, -0.2) is 23.3 Å². The van der Waals surface area contributed by atoms with Gasteiger partial charge in [0.1, 0.15) is 0 Å². The van der Waals surface area contributed by atoms with Gasteiger partial charge in [-0.1, -0.05) is 103 Å². The highest BCUT2D eigenvalue weighted by Crippen LogP contribution is 2.44. The van der Waals surface area contributed by atoms with Crippen molar-refractivity contribution in [1.82, 2.24) is 4.98 Å². The van der Waals surface area contributed by atoms with Gasteiger partial charge in [0.05, 0.1) is 22.4 Å². The number of hydrogen-bond acceptors (Lipinski definition) is 3. The van der Waals surface area contributed by atoms with Crippen molar-refractivity contribution in [2.75, 3.05) is 0 Å². The van der Waals surface area contributed by atoms with Gasteiger partial charge in [-0.25, -0.2) is 4.98 Å². The Labute approximate surface area is 239 Å². The second-order valence-corrected chi connectivity index (χ2v) is 12.2. The predicted molar refractivity (Wildman–Crippen MR) is 173 cm³/mol. The Morgan fingerprint density at radius 1 is 0.488 bits per heavy atom. The Balaban J connectivity index is 1.50. The van der Waals surface area contributed by atoms with E-state index in [1.54, 1.807) is 0 Å². The minimum atomic E-state index is -0.440. The highest BCUT2D eigenvalue weighted by atomic mass is 16.7. The first-order valence-electron chi connectivity index (χ1n) is 14.3. The third-order valence-corrected chi connectivity index (χ3v) is 9.30. The van der Waals surface area contributed by atoms with Crippen LogP contribution in [0.4, 0.5) is 0 Å². The zero-order valence-electron chi connectivity index (χ0n) is 23.7. The van der Waals surface area contributed by atoms with Crippen LogP contribution in [-0.2, 0) is 9.31 Å². The lowest BCUT2D eigenvalue weighted by molar-refractivity contribution is 0.00578. The fraction of sp³-hybridized carbons (Fsp3) is 0.162. The Hall–Kier alpha value is -4.25. The van der Waals surface area contributed by atoms with Gasteiger partial charge in [0.15, 0.2) is 0 Å². The first-order chi connectivity index (χ1) is 19.8. The Morgan fingerprint density at radius 2 is 0.976 bits per heavy atom. The maximum absolute atomic E-state index is 6.50. The van der Waals surface area contributed by atoms with Gasteiger partial charge < -0.3 is 9.31 Å². The maximum Gasteiger partial charge on any atom is 0.495 e. The molecule has 2 heterocycles. The minimum Gasteiger partial charge on any atom is -0.399 e. The molecule has 1 aliphatic rings. The SMILES string of the molecule is CC1(C)OB(c2ccc(-c3nc4ccccc4c4c5ccccc5c5ccccc5c34)c3ccccc23)OC1(C)C. The fourth-order valence-electron chi connectivity index (χ4n) is 6.53. The van der Waals surface area contributed by atoms with Crippen molar-refractivity contribution in [3.63, 3.8) is 0 Å². The van der Waals surface area contributed by atoms with Crippen LogP contribution >= 0.6 is 0 Å². The van der Waals surface area contributed by atoms with E-state index < -0.39 is 18.3 Å². The van der Waals surface area contributed by atoms with Crippen molar-refractivity contribution in [1.29, 1.82) is 0 Å². The van der Waals surface area contributed by atoms with Gasteiger partial charge in [-0.15, -0.1) is 0 Å². The van der Waals surface area contributed by atoms with Gasteiger partial charge in [0, 0.05) is 21.7 Å². The summed E-state index contributed by atoms with van der Waals surface area (Å²) in [7, 11) is -0.440. The second-order valence-electron chi connectivity index (χ2n) is 12.2. The number of aromatic nitrogens is 1. The van der Waals surface area contributed by atoms with Gasteiger partial charge in [-0.2, -0.15) is 0 Å². The Morgan fingerprint density at radius 3 is 1.61 bits per heavy atom. The fourth-order valence-corrected chi connectivity index (χ4v) is 6.53. The Bertz CT molecular complexity index is 2170. The highest BCUT2D eigenvalue weighted by molar-refractivity contribution is 6.65. The molecule has 0 bridgehead atoms. The lowest BCUT2D eigenvalue weighted by atomic mass is 9.75. The zero-order chi connectivity index (χ0) is 27.9. The average Bonchev–Trinajstić information content (AvgIpc) is 3.21. The Kier molecular flexibility index (Phi) is 5.16. The molecule has 41 heavy (non-hydrogen) atoms. The second kappa shape index (κ2) is 8.63. The molecule has 0 unspecified atom stereocenters. The third kappa shape index (κ3) is 3.51. The molecule has 0 saturated carbocycles. The van der Waals surface area contributed by atoms with Crippen molar-refractivity contribution >= 4 is 66.6 Å². The summed E-state index contributed by atoms with van der Waals surface area (Å²) in [5.41, 5.74) is 3.33. The number of rotatable bonds is 2. The van der Waals surface area contributed by atoms with Crippen molar-refractivity contribution in [3.05, 3.63) is 109 Å². The van der Waals surface area contributed by atoms with Gasteiger partial charge in [-0.3, -0.25) is 0 Å². The maximum atomic E-state index is 6.50. The molecule has 198 valence electrons. The van der Waals surface area contributed by atoms with Crippen LogP contribution < -0.4 is 5.46 Å². The van der Waals surface area contributed by atoms with E-state index >= 15 is 0 Å². The molecule has 0 N–H and O–H groups in total. The highest BCUT2D eigenvalue weighted by Gasteiger charge is 2.52. The summed E-state index contributed by atoms with van der Waals surface area (Å²) in [5, 5.41) is 10.8. The summed E-state index contributed by atoms with van der Waals surface area (Å²) in [5.74, 6) is 0. The molecular weight excluding hydrogens is 501 g/mol. The number of benzene rings is 6. The van der Waals surface area contributed by atoms with E-state index in [-0.39, 0.29) is 0 Å². The number of nitrogens with zero attached hydrogens (tertiary/aromatic N) is 1. The molecule has 0 aliphatic carbocycles. The lowest BCUT2D eigenvalue weighted by Gasteiger charge is -2.32. The van der Waals surface area contributed by atoms with Crippen LogP contribution in [0.5, 0.6) is 0 Å². The van der Waals surface area contributed by atoms with E-state index in [1.807, 2.05) is 0 Å². The van der Waals surface area contributed by atoms with Crippen LogP contribution in [0.2, 0.25) is 0 Å². The molecule has 0 spiro atoms. The summed E-state index contributed by atoms with van der Waals surface area (Å²) in [4.78, 5) is 5.39. The van der Waals surface area contributed by atoms with Crippen molar-refractivity contribution in [2.24, 2.45) is 0 Å². The molecule has 0 radical (unpaired) electrons. The van der Waals surface area contributed by atoms with Gasteiger partial charge in [0.25, 0.3) is 0 Å². The topological polar surface area (TPSA) is 31.4 Å². The molecule has 7 aromatic rings. The molecule has 0 atom stereocenters. The average molecular weight is 531 g/mol. The molecule has 1 fully saturated rings. The first-order valence-corrected chi connectivity index (χ1v) is 14.3. The van der Waals surface area contributed by atoms with Crippen molar-refractivity contribution < 1.29 is 9.31 Å². The molecule has 3 nitrogen and oxygen atoms in total. The van der Waals surface area contributed by atoms with E-state index in [1.165, 1.54) is 37.7 Å². The predicted octanol–water partition coefficient (Wildman–Crippen LogP) is 8.81. The summed E-state index contributed by atoms with van der Waals surface area (Å²) in [6, 6.07) is 39.0. The summed E-state index contributed by atoms with van der Waals surface area (Å²) in [6.45, 7) is 8.41. The first kappa shape index (κ1) is 24.5. The van der Waals surface area contributed by atoms with E-state index in [0.717, 1.165) is 33.0 Å². The molecule has 6 aromatic carbocycles. The molecule has 1 aliphatic heterocycles. The molecule has 1 aromatic heterocycles. The van der Waals surface area contributed by atoms with Crippen LogP contribution in [0.25, 0.3) is 65.3 Å². The summed E-state index contributed by atoms with van der Waals surface area (Å²) < 4.78 is 13.0. The van der Waals surface area contributed by atoms with E-state index in [9.17, 15) is 0 Å². The lowest BCUT2D eigenvalue weighted by Crippen LogP contribution is -2.41. The standard InChI is InChI=1S/C37H30BNO2/c1-36(2)37(3,4)41-38(40-36)31-22-21-29(25-15-5-8-16-26(25)31)35-34-28-18-10-7-14-24(28)23-13-6-9-17-27(23)33(34)30-19-11-12-20-32(30)39-35/h5-22H,1-4H3. The molecule has 8 rings (SSSR count). The summed E-state index contributed by atoms with van der Waals surface area (Å²) in [6.07, 6.45) is 0. The molecule has 1 saturated heterocycles. The van der Waals surface area contributed by atoms with Gasteiger partial charge >= 0.3 is 7.12 Å². The largest absolute Gasteiger partial charge is 0.495 e. The molecular formula is C37H30BNO2. The van der Waals surface area contributed by atoms with Crippen LogP contribution in [0.15, 0.2) is 109 Å². The van der Waals surface area contributed by atoms with Crippen molar-refractivity contribution in [3.8, 4) is 11.3 Å². The smallest absolute Gasteiger partial charge is 0.399 e. The zero-order valence-corrected chi connectivity index (χ0v) is 23.7. The van der Waals surface area contributed by atoms with E-state index in [0.29, 0.717) is 0 Å². The van der Waals surface area contributed by atoms with Crippen LogP contribution in [0.3, 0.4) is 0 Å².